The van der Waals surface area contributed by atoms with Gasteiger partial charge in [0, 0.05) is 22.7 Å². The first-order chi connectivity index (χ1) is 17.9. The SMILES string of the molecule is Cc1cc(Cl)cc(C(=O)NC(C)(C)C)c1NC(=O)c1cc(C(F)(F)F)nn1-c1ccc([N+](=O)[O-])cc1[N+](=O)[O-]. The average Bonchev–Trinajstić information content (AvgIpc) is 3.25. The molecule has 3 rings (SSSR count). The summed E-state index contributed by atoms with van der Waals surface area (Å²) < 4.78 is 41.0. The third-order valence-electron chi connectivity index (χ3n) is 5.10. The lowest BCUT2D eigenvalue weighted by Crippen LogP contribution is -2.41. The summed E-state index contributed by atoms with van der Waals surface area (Å²) >= 11 is 6.09. The van der Waals surface area contributed by atoms with Crippen LogP contribution in [0.5, 0.6) is 0 Å². The third kappa shape index (κ3) is 6.49. The number of hydrogen-bond donors (Lipinski definition) is 2. The van der Waals surface area contributed by atoms with Crippen molar-refractivity contribution in [3.8, 4) is 5.69 Å². The number of rotatable bonds is 6. The Labute approximate surface area is 223 Å². The van der Waals surface area contributed by atoms with Crippen LogP contribution in [0.25, 0.3) is 5.69 Å². The molecule has 206 valence electrons. The van der Waals surface area contributed by atoms with Gasteiger partial charge in [0.2, 0.25) is 0 Å². The zero-order valence-electron chi connectivity index (χ0n) is 20.7. The number of amides is 2. The maximum Gasteiger partial charge on any atom is 0.435 e. The van der Waals surface area contributed by atoms with Crippen molar-refractivity contribution < 1.29 is 32.6 Å². The maximum atomic E-state index is 13.6. The average molecular weight is 569 g/mol. The molecule has 2 amide bonds. The van der Waals surface area contributed by atoms with Crippen molar-refractivity contribution in [1.82, 2.24) is 15.1 Å². The Morgan fingerprint density at radius 3 is 2.18 bits per heavy atom. The topological polar surface area (TPSA) is 162 Å². The molecule has 1 heterocycles. The number of aryl methyl sites for hydroxylation is 1. The summed E-state index contributed by atoms with van der Waals surface area (Å²) in [6, 6.07) is 5.17. The van der Waals surface area contributed by atoms with Gasteiger partial charge in [-0.25, -0.2) is 4.68 Å². The molecule has 0 spiro atoms. The van der Waals surface area contributed by atoms with Gasteiger partial charge in [-0.05, 0) is 51.5 Å². The number of halogens is 4. The first-order valence-corrected chi connectivity index (χ1v) is 11.3. The number of benzene rings is 2. The number of non-ortho nitro benzene ring substituents is 1. The van der Waals surface area contributed by atoms with Crippen molar-refractivity contribution in [1.29, 1.82) is 0 Å². The van der Waals surface area contributed by atoms with E-state index >= 15 is 0 Å². The van der Waals surface area contributed by atoms with E-state index in [1.165, 1.54) is 19.1 Å². The molecule has 12 nitrogen and oxygen atoms in total. The quantitative estimate of drug-likeness (QED) is 0.295. The van der Waals surface area contributed by atoms with E-state index in [1.54, 1.807) is 20.8 Å². The Bertz CT molecular complexity index is 1510. The smallest absolute Gasteiger partial charge is 0.347 e. The standard InChI is InChI=1S/C23H20ClF3N6O6/c1-11-7-12(24)8-14(20(34)29-22(2,3)4)19(11)28-21(35)17-10-18(23(25,26)27)30-31(17)15-6-5-13(32(36)37)9-16(15)33(38)39/h5-10H,1-4H3,(H,28,35)(H,29,34). The van der Waals surface area contributed by atoms with E-state index in [2.05, 4.69) is 15.7 Å². The molecule has 39 heavy (non-hydrogen) atoms. The highest BCUT2D eigenvalue weighted by Crippen LogP contribution is 2.34. The van der Waals surface area contributed by atoms with E-state index in [9.17, 15) is 43.0 Å². The molecule has 3 aromatic rings. The molecule has 0 aliphatic heterocycles. The maximum absolute atomic E-state index is 13.6. The first-order valence-electron chi connectivity index (χ1n) is 10.9. The van der Waals surface area contributed by atoms with Gasteiger partial charge in [-0.1, -0.05) is 11.6 Å². The molecule has 0 aliphatic rings. The molecule has 2 aromatic carbocycles. The van der Waals surface area contributed by atoms with Gasteiger partial charge in [0.05, 0.1) is 27.2 Å². The van der Waals surface area contributed by atoms with E-state index < -0.39 is 61.8 Å². The lowest BCUT2D eigenvalue weighted by molar-refractivity contribution is -0.394. The van der Waals surface area contributed by atoms with Gasteiger partial charge in [-0.15, -0.1) is 0 Å². The van der Waals surface area contributed by atoms with Crippen LogP contribution in [0.4, 0.5) is 30.2 Å². The second-order valence-corrected chi connectivity index (χ2v) is 9.75. The van der Waals surface area contributed by atoms with Crippen LogP contribution in [0, 0.1) is 27.2 Å². The van der Waals surface area contributed by atoms with Crippen LogP contribution in [0.1, 0.15) is 52.9 Å². The van der Waals surface area contributed by atoms with Crippen molar-refractivity contribution in [2.45, 2.75) is 39.4 Å². The highest BCUT2D eigenvalue weighted by atomic mass is 35.5. The number of alkyl halides is 3. The lowest BCUT2D eigenvalue weighted by atomic mass is 10.0. The van der Waals surface area contributed by atoms with Gasteiger partial charge < -0.3 is 10.6 Å². The Balaban J connectivity index is 2.19. The van der Waals surface area contributed by atoms with Gasteiger partial charge in [-0.2, -0.15) is 18.3 Å². The molecule has 16 heteroatoms. The number of aromatic nitrogens is 2. The minimum atomic E-state index is -5.05. The number of anilines is 1. The minimum Gasteiger partial charge on any atom is -0.347 e. The fourth-order valence-electron chi connectivity index (χ4n) is 3.49. The molecule has 0 bridgehead atoms. The number of nitrogens with one attached hydrogen (secondary N) is 2. The normalized spacial score (nSPS) is 11.7. The van der Waals surface area contributed by atoms with E-state index in [-0.39, 0.29) is 16.3 Å². The van der Waals surface area contributed by atoms with Crippen LogP contribution in [-0.2, 0) is 6.18 Å². The number of nitro benzene ring substituents is 2. The van der Waals surface area contributed by atoms with E-state index in [0.29, 0.717) is 22.4 Å². The van der Waals surface area contributed by atoms with Crippen molar-refractivity contribution in [3.05, 3.63) is 84.2 Å². The molecule has 0 fully saturated rings. The van der Waals surface area contributed by atoms with Crippen molar-refractivity contribution in [3.63, 3.8) is 0 Å². The number of hydrogen-bond acceptors (Lipinski definition) is 7. The van der Waals surface area contributed by atoms with Crippen molar-refractivity contribution >= 4 is 40.5 Å². The monoisotopic (exact) mass is 568 g/mol. The predicted octanol–water partition coefficient (Wildman–Crippen LogP) is 5.45. The van der Waals surface area contributed by atoms with Gasteiger partial charge in [0.25, 0.3) is 17.5 Å². The van der Waals surface area contributed by atoms with Crippen LogP contribution in [-0.4, -0.2) is 37.0 Å². The molecule has 2 N–H and O–H groups in total. The molecule has 0 radical (unpaired) electrons. The Kier molecular flexibility index (Phi) is 7.68. The summed E-state index contributed by atoms with van der Waals surface area (Å²) in [7, 11) is 0. The molecule has 0 saturated carbocycles. The molecular formula is C23H20ClF3N6O6. The van der Waals surface area contributed by atoms with Crippen LogP contribution in [0.15, 0.2) is 36.4 Å². The highest BCUT2D eigenvalue weighted by Gasteiger charge is 2.37. The summed E-state index contributed by atoms with van der Waals surface area (Å²) in [5.74, 6) is -1.85. The van der Waals surface area contributed by atoms with Crippen molar-refractivity contribution in [2.24, 2.45) is 0 Å². The lowest BCUT2D eigenvalue weighted by Gasteiger charge is -2.22. The van der Waals surface area contributed by atoms with E-state index in [4.69, 9.17) is 11.6 Å². The Morgan fingerprint density at radius 2 is 1.64 bits per heavy atom. The van der Waals surface area contributed by atoms with Crippen LogP contribution in [0.2, 0.25) is 5.02 Å². The van der Waals surface area contributed by atoms with Crippen LogP contribution < -0.4 is 10.6 Å². The molecular weight excluding hydrogens is 549 g/mol. The summed E-state index contributed by atoms with van der Waals surface area (Å²) in [4.78, 5) is 46.9. The second kappa shape index (κ2) is 10.3. The Hall–Kier alpha value is -4.53. The molecule has 0 unspecified atom stereocenters. The summed E-state index contributed by atoms with van der Waals surface area (Å²) in [5.41, 5.74) is -5.23. The van der Waals surface area contributed by atoms with Gasteiger partial charge in [-0.3, -0.25) is 29.8 Å². The van der Waals surface area contributed by atoms with E-state index in [0.717, 1.165) is 12.1 Å². The summed E-state index contributed by atoms with van der Waals surface area (Å²) in [6.45, 7) is 6.60. The third-order valence-corrected chi connectivity index (χ3v) is 5.32. The first kappa shape index (κ1) is 29.0. The molecule has 0 saturated heterocycles. The molecule has 0 atom stereocenters. The van der Waals surface area contributed by atoms with Crippen LogP contribution in [0.3, 0.4) is 0 Å². The number of nitro groups is 2. The number of carbonyl (C=O) groups is 2. The molecule has 1 aromatic heterocycles. The number of carbonyl (C=O) groups excluding carboxylic acids is 2. The number of nitrogens with zero attached hydrogens (tertiary/aromatic N) is 4. The van der Waals surface area contributed by atoms with Crippen molar-refractivity contribution in [2.75, 3.05) is 5.32 Å². The molecule has 0 aliphatic carbocycles. The predicted molar refractivity (Wildman–Crippen MR) is 133 cm³/mol. The van der Waals surface area contributed by atoms with Gasteiger partial charge in [0.1, 0.15) is 11.4 Å². The highest BCUT2D eigenvalue weighted by molar-refractivity contribution is 6.31. The summed E-state index contributed by atoms with van der Waals surface area (Å²) in [6.07, 6.45) is -5.05. The fraction of sp³-hybridized carbons (Fsp3) is 0.261. The van der Waals surface area contributed by atoms with Gasteiger partial charge in [0.15, 0.2) is 5.69 Å². The summed E-state index contributed by atoms with van der Waals surface area (Å²) in [5, 5.41) is 31.2. The van der Waals surface area contributed by atoms with E-state index in [1.807, 2.05) is 0 Å². The second-order valence-electron chi connectivity index (χ2n) is 9.32. The fourth-order valence-corrected chi connectivity index (χ4v) is 3.76. The van der Waals surface area contributed by atoms with Gasteiger partial charge >= 0.3 is 11.9 Å². The minimum absolute atomic E-state index is 0.0781. The zero-order chi connectivity index (χ0) is 29.4. The Morgan fingerprint density at radius 1 is 1.00 bits per heavy atom. The largest absolute Gasteiger partial charge is 0.435 e. The van der Waals surface area contributed by atoms with Crippen LogP contribution >= 0.6 is 11.6 Å². The zero-order valence-corrected chi connectivity index (χ0v) is 21.5.